The molecule has 1 unspecified atom stereocenters. The van der Waals surface area contributed by atoms with Gasteiger partial charge in [-0.05, 0) is 68.8 Å². The molecule has 4 atom stereocenters. The summed E-state index contributed by atoms with van der Waals surface area (Å²) in [7, 11) is -2.47. The minimum atomic E-state index is -2.47. The molecule has 2 aromatic carbocycles. The monoisotopic (exact) mass is 515 g/mol. The minimum absolute atomic E-state index is 0.134. The largest absolute Gasteiger partial charge is 0.479 e. The summed E-state index contributed by atoms with van der Waals surface area (Å²) < 4.78 is 34.9. The molecule has 0 bridgehead atoms. The van der Waals surface area contributed by atoms with E-state index in [9.17, 15) is 18.5 Å². The molecule has 36 heavy (non-hydrogen) atoms. The van der Waals surface area contributed by atoms with E-state index in [1.807, 2.05) is 13.0 Å². The predicted molar refractivity (Wildman–Crippen MR) is 141 cm³/mol. The molecule has 1 saturated carbocycles. The summed E-state index contributed by atoms with van der Waals surface area (Å²) in [5.41, 5.74) is 2.44. The number of ether oxygens (including phenoxy) is 1. The first-order chi connectivity index (χ1) is 17.0. The molecule has 1 aromatic heterocycles. The van der Waals surface area contributed by atoms with Crippen molar-refractivity contribution < 1.29 is 23.2 Å². The van der Waals surface area contributed by atoms with Crippen LogP contribution in [0.3, 0.4) is 0 Å². The maximum Gasteiger partial charge on any atom is 0.261 e. The van der Waals surface area contributed by atoms with Gasteiger partial charge in [-0.15, -0.1) is 0 Å². The van der Waals surface area contributed by atoms with E-state index >= 15 is 0 Å². The number of aryl methyl sites for hydroxylation is 1. The van der Waals surface area contributed by atoms with Crippen LogP contribution in [0.2, 0.25) is 0 Å². The van der Waals surface area contributed by atoms with E-state index in [1.165, 1.54) is 30.8 Å². The Labute approximate surface area is 209 Å². The fraction of sp³-hybridized carbons (Fsp3) is 0.360. The molecule has 1 aliphatic rings. The zero-order chi connectivity index (χ0) is 26.0. The lowest BCUT2D eigenvalue weighted by atomic mass is 10.1. The van der Waals surface area contributed by atoms with Crippen LogP contribution in [-0.2, 0) is 14.5 Å². The van der Waals surface area contributed by atoms with Crippen LogP contribution in [0.25, 0.3) is 10.9 Å². The normalized spacial score (nSPS) is 19.9. The smallest absolute Gasteiger partial charge is 0.261 e. The zero-order valence-corrected chi connectivity index (χ0v) is 21.2. The lowest BCUT2D eigenvalue weighted by molar-refractivity contribution is -0.128. The fourth-order valence-electron chi connectivity index (χ4n) is 4.27. The van der Waals surface area contributed by atoms with Gasteiger partial charge in [0.1, 0.15) is 23.7 Å². The molecule has 0 saturated heterocycles. The van der Waals surface area contributed by atoms with E-state index in [2.05, 4.69) is 31.2 Å². The zero-order valence-electron chi connectivity index (χ0n) is 20.4. The number of carbonyl (C=O) groups is 1. The van der Waals surface area contributed by atoms with Gasteiger partial charge in [0.2, 0.25) is 0 Å². The third kappa shape index (κ3) is 6.03. The molecule has 4 N–H and O–H groups in total. The van der Waals surface area contributed by atoms with Gasteiger partial charge < -0.3 is 25.2 Å². The average Bonchev–Trinajstić information content (AvgIpc) is 3.18. The van der Waals surface area contributed by atoms with Gasteiger partial charge in [-0.1, -0.05) is 0 Å². The topological polar surface area (TPSA) is 125 Å². The van der Waals surface area contributed by atoms with E-state index < -0.39 is 33.6 Å². The highest BCUT2D eigenvalue weighted by Crippen LogP contribution is 2.33. The van der Waals surface area contributed by atoms with Gasteiger partial charge in [0.15, 0.2) is 6.10 Å². The number of carbonyl (C=O) groups excluding carboxylic acids is 1. The number of nitrogens with zero attached hydrogens (tertiary/aromatic N) is 2. The summed E-state index contributed by atoms with van der Waals surface area (Å²) in [5.74, 6) is 3.30. The van der Waals surface area contributed by atoms with E-state index in [1.54, 1.807) is 13.0 Å². The molecular formula is C25H30FN5O4S. The summed E-state index contributed by atoms with van der Waals surface area (Å²) in [5, 5.41) is 16.7. The summed E-state index contributed by atoms with van der Waals surface area (Å²) in [6.07, 6.45) is 3.58. The van der Waals surface area contributed by atoms with Gasteiger partial charge >= 0.3 is 0 Å². The number of fused-ring (bicyclic) bond motifs is 1. The lowest BCUT2D eigenvalue weighted by Gasteiger charge is -2.22. The van der Waals surface area contributed by atoms with Crippen LogP contribution in [0.1, 0.15) is 31.7 Å². The molecule has 0 spiro atoms. The Kier molecular flexibility index (Phi) is 7.32. The second-order valence-electron chi connectivity index (χ2n) is 9.16. The van der Waals surface area contributed by atoms with Crippen molar-refractivity contribution >= 4 is 49.6 Å². The van der Waals surface area contributed by atoms with Gasteiger partial charge in [0.05, 0.1) is 23.3 Å². The minimum Gasteiger partial charge on any atom is -0.479 e. The van der Waals surface area contributed by atoms with E-state index in [0.717, 1.165) is 12.0 Å². The first kappa shape index (κ1) is 25.6. The van der Waals surface area contributed by atoms with E-state index in [-0.39, 0.29) is 11.8 Å². The Hall–Kier alpha value is -3.44. The molecule has 3 aromatic rings. The van der Waals surface area contributed by atoms with Crippen molar-refractivity contribution in [1.29, 1.82) is 0 Å². The van der Waals surface area contributed by atoms with E-state index in [4.69, 9.17) is 4.74 Å². The highest BCUT2D eigenvalue weighted by atomic mass is 32.2. The number of anilines is 3. The number of amides is 1. The average molecular weight is 516 g/mol. The molecule has 192 valence electrons. The fourth-order valence-corrected chi connectivity index (χ4v) is 4.89. The summed E-state index contributed by atoms with van der Waals surface area (Å²) in [6.45, 7) is 3.44. The Morgan fingerprint density at radius 3 is 2.75 bits per heavy atom. The molecule has 4 rings (SSSR count). The van der Waals surface area contributed by atoms with Crippen molar-refractivity contribution in [2.24, 2.45) is 0 Å². The molecular weight excluding hydrogens is 485 g/mol. The van der Waals surface area contributed by atoms with Crippen molar-refractivity contribution in [3.63, 3.8) is 0 Å². The number of benzene rings is 2. The van der Waals surface area contributed by atoms with Crippen LogP contribution in [0.5, 0.6) is 5.75 Å². The van der Waals surface area contributed by atoms with E-state index in [0.29, 0.717) is 40.9 Å². The predicted octanol–water partition coefficient (Wildman–Crippen LogP) is 3.29. The third-order valence-electron chi connectivity index (χ3n) is 5.95. The van der Waals surface area contributed by atoms with Gasteiger partial charge in [-0.2, -0.15) is 0 Å². The Morgan fingerprint density at radius 2 is 2.06 bits per heavy atom. The highest BCUT2D eigenvalue weighted by molar-refractivity contribution is 8.00. The summed E-state index contributed by atoms with van der Waals surface area (Å²) in [4.78, 5) is 21.3. The molecule has 1 fully saturated rings. The quantitative estimate of drug-likeness (QED) is 0.339. The molecule has 0 radical (unpaired) electrons. The number of aromatic nitrogens is 2. The molecule has 0 aliphatic heterocycles. The number of aliphatic hydroxyl groups excluding tert-OH is 1. The molecule has 9 nitrogen and oxygen atoms in total. The van der Waals surface area contributed by atoms with Crippen LogP contribution in [-0.4, -0.2) is 55.6 Å². The maximum absolute atomic E-state index is 14.1. The molecule has 11 heteroatoms. The van der Waals surface area contributed by atoms with Crippen LogP contribution in [0, 0.1) is 12.7 Å². The molecule has 1 heterocycles. The number of hydrogen-bond acceptors (Lipinski definition) is 7. The van der Waals surface area contributed by atoms with Crippen molar-refractivity contribution in [2.45, 2.75) is 51.4 Å². The maximum atomic E-state index is 14.1. The van der Waals surface area contributed by atoms with Crippen LogP contribution < -0.4 is 20.1 Å². The van der Waals surface area contributed by atoms with Gasteiger partial charge in [0.25, 0.3) is 5.91 Å². The Bertz CT molecular complexity index is 1400. The van der Waals surface area contributed by atoms with Crippen molar-refractivity contribution in [3.8, 4) is 5.75 Å². The second kappa shape index (κ2) is 10.3. The van der Waals surface area contributed by atoms with Crippen LogP contribution >= 0.6 is 0 Å². The summed E-state index contributed by atoms with van der Waals surface area (Å²) in [6, 6.07) is 7.23. The second-order valence-corrected chi connectivity index (χ2v) is 11.4. The number of aliphatic hydroxyl groups is 1. The van der Waals surface area contributed by atoms with Crippen LogP contribution in [0.4, 0.5) is 21.6 Å². The number of rotatable bonds is 8. The summed E-state index contributed by atoms with van der Waals surface area (Å²) >= 11 is 0. The van der Waals surface area contributed by atoms with Gasteiger partial charge in [0, 0.05) is 33.1 Å². The molecule has 1 amide bonds. The Balaban J connectivity index is 1.59. The first-order valence-corrected chi connectivity index (χ1v) is 13.7. The van der Waals surface area contributed by atoms with Crippen molar-refractivity contribution in [3.05, 3.63) is 48.0 Å². The lowest BCUT2D eigenvalue weighted by Crippen LogP contribution is -2.45. The number of hydrogen-bond donors (Lipinski definition) is 4. The Morgan fingerprint density at radius 1 is 1.28 bits per heavy atom. The molecule has 1 aliphatic carbocycles. The number of halogens is 1. The third-order valence-corrected chi connectivity index (χ3v) is 6.61. The van der Waals surface area contributed by atoms with Gasteiger partial charge in [-0.3, -0.25) is 4.79 Å². The first-order valence-electron chi connectivity index (χ1n) is 11.6. The standard InChI is InChI=1S/C25H30FN5O4S/c1-14-10-17(31-36(3,4)34)12-20-23(14)24(28-13-27-20)29-19-9-8-16(26)11-22(19)35-15(2)25(33)30-18-6-5-7-21(18)32/h8-13,15,18,21,32H,3,5-7H2,1-2,4H3,(H,30,33)(H,31,34)(H,27,28,29)/t15-,18-,21-,36?/m1/s1. The number of nitrogens with one attached hydrogen (secondary N) is 3. The van der Waals surface area contributed by atoms with Gasteiger partial charge in [-0.25, -0.2) is 18.6 Å². The van der Waals surface area contributed by atoms with Crippen molar-refractivity contribution in [1.82, 2.24) is 15.3 Å². The SMILES string of the molecule is C=S(C)(=O)Nc1cc(C)c2c(Nc3ccc(F)cc3O[C@H](C)C(=O)N[C@@H]3CCC[C@H]3O)ncnc2c1. The van der Waals surface area contributed by atoms with Crippen LogP contribution in [0.15, 0.2) is 36.7 Å². The highest BCUT2D eigenvalue weighted by Gasteiger charge is 2.29. The van der Waals surface area contributed by atoms with Crippen molar-refractivity contribution in [2.75, 3.05) is 16.3 Å².